The van der Waals surface area contributed by atoms with Crippen molar-refractivity contribution < 1.29 is 5.11 Å². The standard InChI is InChI=1S/C10H8Br2OS2/c1-5-2-8(15-10(5)12)9(13)6-3-14-4-7(6)11/h2-4,9,13H,1H3. The second kappa shape index (κ2) is 4.67. The average Bonchev–Trinajstić information content (AvgIpc) is 2.74. The van der Waals surface area contributed by atoms with Crippen LogP contribution in [0.15, 0.2) is 25.1 Å². The molecule has 0 saturated heterocycles. The van der Waals surface area contributed by atoms with Crippen LogP contribution in [0.1, 0.15) is 22.1 Å². The Kier molecular flexibility index (Phi) is 3.67. The van der Waals surface area contributed by atoms with Crippen molar-refractivity contribution in [3.63, 3.8) is 0 Å². The molecule has 0 aliphatic carbocycles. The minimum Gasteiger partial charge on any atom is -0.383 e. The molecule has 0 fully saturated rings. The zero-order valence-electron chi connectivity index (χ0n) is 7.83. The molecule has 0 saturated carbocycles. The van der Waals surface area contributed by atoms with Crippen molar-refractivity contribution in [1.82, 2.24) is 0 Å². The summed E-state index contributed by atoms with van der Waals surface area (Å²) in [7, 11) is 0. The fourth-order valence-electron chi connectivity index (χ4n) is 1.26. The van der Waals surface area contributed by atoms with Crippen LogP contribution in [0.3, 0.4) is 0 Å². The first-order valence-corrected chi connectivity index (χ1v) is 7.59. The minimum atomic E-state index is -0.527. The van der Waals surface area contributed by atoms with Crippen molar-refractivity contribution in [2.75, 3.05) is 0 Å². The molecule has 1 atom stereocenters. The summed E-state index contributed by atoms with van der Waals surface area (Å²) in [5, 5.41) is 14.1. The zero-order chi connectivity index (χ0) is 11.0. The summed E-state index contributed by atoms with van der Waals surface area (Å²) >= 11 is 10.1. The third-order valence-corrected chi connectivity index (χ3v) is 6.02. The van der Waals surface area contributed by atoms with Gasteiger partial charge in [0.05, 0.1) is 3.79 Å². The number of halogens is 2. The zero-order valence-corrected chi connectivity index (χ0v) is 12.6. The Morgan fingerprint density at radius 1 is 1.33 bits per heavy atom. The van der Waals surface area contributed by atoms with Crippen LogP contribution in [0.25, 0.3) is 0 Å². The highest BCUT2D eigenvalue weighted by molar-refractivity contribution is 9.11. The molecular formula is C10H8Br2OS2. The highest BCUT2D eigenvalue weighted by Crippen LogP contribution is 2.37. The first-order valence-electron chi connectivity index (χ1n) is 4.25. The van der Waals surface area contributed by atoms with E-state index in [4.69, 9.17) is 0 Å². The SMILES string of the molecule is Cc1cc(C(O)c2cscc2Br)sc1Br. The average molecular weight is 368 g/mol. The van der Waals surface area contributed by atoms with E-state index in [0.717, 1.165) is 18.7 Å². The molecule has 1 N–H and O–H groups in total. The van der Waals surface area contributed by atoms with E-state index >= 15 is 0 Å². The molecule has 0 aliphatic heterocycles. The Morgan fingerprint density at radius 2 is 2.07 bits per heavy atom. The number of thiophene rings is 2. The maximum Gasteiger partial charge on any atom is 0.115 e. The van der Waals surface area contributed by atoms with Crippen LogP contribution < -0.4 is 0 Å². The molecule has 0 radical (unpaired) electrons. The maximum absolute atomic E-state index is 10.2. The van der Waals surface area contributed by atoms with E-state index in [0.29, 0.717) is 0 Å². The maximum atomic E-state index is 10.2. The normalized spacial score (nSPS) is 13.1. The molecule has 0 bridgehead atoms. The molecule has 2 aromatic heterocycles. The van der Waals surface area contributed by atoms with Crippen molar-refractivity contribution in [2.24, 2.45) is 0 Å². The third-order valence-electron chi connectivity index (χ3n) is 2.08. The lowest BCUT2D eigenvalue weighted by molar-refractivity contribution is 0.224. The fourth-order valence-corrected chi connectivity index (χ4v) is 4.37. The predicted molar refractivity (Wildman–Crippen MR) is 72.8 cm³/mol. The van der Waals surface area contributed by atoms with Crippen LogP contribution in [-0.2, 0) is 0 Å². The van der Waals surface area contributed by atoms with Gasteiger partial charge in [-0.05, 0) is 55.8 Å². The van der Waals surface area contributed by atoms with E-state index in [2.05, 4.69) is 31.9 Å². The van der Waals surface area contributed by atoms with Gasteiger partial charge >= 0.3 is 0 Å². The van der Waals surface area contributed by atoms with Gasteiger partial charge in [0.2, 0.25) is 0 Å². The number of aliphatic hydroxyl groups is 1. The summed E-state index contributed by atoms with van der Waals surface area (Å²) in [4.78, 5) is 0.971. The van der Waals surface area contributed by atoms with E-state index in [1.165, 1.54) is 5.56 Å². The number of hydrogen-bond acceptors (Lipinski definition) is 3. The summed E-state index contributed by atoms with van der Waals surface area (Å²) < 4.78 is 2.06. The van der Waals surface area contributed by atoms with Crippen molar-refractivity contribution >= 4 is 54.5 Å². The van der Waals surface area contributed by atoms with Gasteiger partial charge in [0, 0.05) is 20.3 Å². The molecule has 80 valence electrons. The number of hydrogen-bond donors (Lipinski definition) is 1. The van der Waals surface area contributed by atoms with Gasteiger partial charge in [-0.3, -0.25) is 0 Å². The Bertz CT molecular complexity index is 456. The molecule has 1 unspecified atom stereocenters. The molecule has 15 heavy (non-hydrogen) atoms. The second-order valence-corrected chi connectivity index (χ2v) is 7.18. The lowest BCUT2D eigenvalue weighted by Crippen LogP contribution is -1.95. The van der Waals surface area contributed by atoms with Crippen LogP contribution in [0.5, 0.6) is 0 Å². The first kappa shape index (κ1) is 11.8. The molecular weight excluding hydrogens is 360 g/mol. The van der Waals surface area contributed by atoms with Crippen molar-refractivity contribution in [1.29, 1.82) is 0 Å². The molecule has 5 heteroatoms. The number of rotatable bonds is 2. The highest BCUT2D eigenvalue weighted by atomic mass is 79.9. The van der Waals surface area contributed by atoms with E-state index in [1.807, 2.05) is 23.8 Å². The van der Waals surface area contributed by atoms with Gasteiger partial charge < -0.3 is 5.11 Å². The smallest absolute Gasteiger partial charge is 0.115 e. The van der Waals surface area contributed by atoms with Crippen LogP contribution in [0, 0.1) is 6.92 Å². The molecule has 2 heterocycles. The van der Waals surface area contributed by atoms with Crippen molar-refractivity contribution in [3.05, 3.63) is 41.1 Å². The lowest BCUT2D eigenvalue weighted by atomic mass is 10.1. The van der Waals surface area contributed by atoms with Gasteiger partial charge in [-0.2, -0.15) is 11.3 Å². The molecule has 2 aromatic rings. The van der Waals surface area contributed by atoms with E-state index < -0.39 is 6.10 Å². The molecule has 0 aromatic carbocycles. The first-order chi connectivity index (χ1) is 7.09. The summed E-state index contributed by atoms with van der Waals surface area (Å²) in [6.07, 6.45) is -0.527. The number of aliphatic hydroxyl groups excluding tert-OH is 1. The molecule has 0 amide bonds. The van der Waals surface area contributed by atoms with Gasteiger partial charge in [-0.1, -0.05) is 0 Å². The van der Waals surface area contributed by atoms with Crippen molar-refractivity contribution in [3.8, 4) is 0 Å². The van der Waals surface area contributed by atoms with Gasteiger partial charge in [0.1, 0.15) is 6.10 Å². The summed E-state index contributed by atoms with van der Waals surface area (Å²) in [6, 6.07) is 2.02. The van der Waals surface area contributed by atoms with E-state index in [1.54, 1.807) is 22.7 Å². The molecule has 1 nitrogen and oxygen atoms in total. The monoisotopic (exact) mass is 366 g/mol. The van der Waals surface area contributed by atoms with E-state index in [-0.39, 0.29) is 0 Å². The topological polar surface area (TPSA) is 20.2 Å². The highest BCUT2D eigenvalue weighted by Gasteiger charge is 2.17. The van der Waals surface area contributed by atoms with Crippen molar-refractivity contribution in [2.45, 2.75) is 13.0 Å². The van der Waals surface area contributed by atoms with Crippen LogP contribution >= 0.6 is 54.5 Å². The predicted octanol–water partition coefficient (Wildman–Crippen LogP) is 4.72. The quantitative estimate of drug-likeness (QED) is 0.813. The molecule has 0 aliphatic rings. The number of aryl methyl sites for hydroxylation is 1. The van der Waals surface area contributed by atoms with E-state index in [9.17, 15) is 5.11 Å². The van der Waals surface area contributed by atoms with Crippen LogP contribution in [0.4, 0.5) is 0 Å². The minimum absolute atomic E-state index is 0.527. The van der Waals surface area contributed by atoms with Gasteiger partial charge in [-0.15, -0.1) is 11.3 Å². The Balaban J connectivity index is 2.36. The van der Waals surface area contributed by atoms with Crippen LogP contribution in [-0.4, -0.2) is 5.11 Å². The lowest BCUT2D eigenvalue weighted by Gasteiger charge is -2.06. The Hall–Kier alpha value is 0.320. The van der Waals surface area contributed by atoms with Gasteiger partial charge in [0.25, 0.3) is 0 Å². The largest absolute Gasteiger partial charge is 0.383 e. The van der Waals surface area contributed by atoms with Gasteiger partial charge in [0.15, 0.2) is 0 Å². The second-order valence-electron chi connectivity index (χ2n) is 3.18. The van der Waals surface area contributed by atoms with Gasteiger partial charge in [-0.25, -0.2) is 0 Å². The Morgan fingerprint density at radius 3 is 2.53 bits per heavy atom. The molecule has 0 spiro atoms. The molecule has 2 rings (SSSR count). The summed E-state index contributed by atoms with van der Waals surface area (Å²) in [6.45, 7) is 2.03. The summed E-state index contributed by atoms with van der Waals surface area (Å²) in [5.41, 5.74) is 2.11. The Labute approximate surface area is 113 Å². The third kappa shape index (κ3) is 2.36. The van der Waals surface area contributed by atoms with Crippen LogP contribution in [0.2, 0.25) is 0 Å². The fraction of sp³-hybridized carbons (Fsp3) is 0.200. The summed E-state index contributed by atoms with van der Waals surface area (Å²) in [5.74, 6) is 0.